The largest absolute Gasteiger partial charge is 0.394 e. The third-order valence-corrected chi connectivity index (χ3v) is 10.6. The Morgan fingerprint density at radius 1 is 0.483 bits per heavy atom. The van der Waals surface area contributed by atoms with E-state index in [0.29, 0.717) is 0 Å². The maximum atomic E-state index is 11.6. The molecule has 0 spiro atoms. The molecule has 3 fully saturated rings. The molecule has 3 aliphatic heterocycles. The van der Waals surface area contributed by atoms with Crippen LogP contribution >= 0.6 is 0 Å². The normalized spacial score (nSPS) is 29.7. The van der Waals surface area contributed by atoms with Gasteiger partial charge in [-0.05, 0) is 22.3 Å². The second-order valence-electron chi connectivity index (χ2n) is 14.6. The molecule has 0 unspecified atom stereocenters. The number of hydrogen-bond acceptors (Lipinski definition) is 11. The van der Waals surface area contributed by atoms with Gasteiger partial charge in [0, 0.05) is 5.56 Å². The van der Waals surface area contributed by atoms with Crippen molar-refractivity contribution in [3.05, 3.63) is 179 Å². The molecule has 3 heterocycles. The first kappa shape index (κ1) is 40.4. The summed E-state index contributed by atoms with van der Waals surface area (Å²) < 4.78 is 59.5. The zero-order valence-electron chi connectivity index (χ0n) is 32.1. The molecule has 5 aromatic carbocycles. The van der Waals surface area contributed by atoms with Crippen LogP contribution < -0.4 is 0 Å². The molecule has 304 valence electrons. The summed E-state index contributed by atoms with van der Waals surface area (Å²) in [5.41, 5.74) is 4.59. The molecule has 58 heavy (non-hydrogen) atoms. The van der Waals surface area contributed by atoms with Crippen molar-refractivity contribution in [3.8, 4) is 0 Å². The van der Waals surface area contributed by atoms with Crippen molar-refractivity contribution in [2.75, 3.05) is 13.2 Å². The lowest BCUT2D eigenvalue weighted by Crippen LogP contribution is -2.66. The van der Waals surface area contributed by atoms with Crippen LogP contribution in [0.2, 0.25) is 0 Å². The number of hydrogen-bond donors (Lipinski definition) is 2. The first-order chi connectivity index (χ1) is 28.6. The molecule has 8 rings (SSSR count). The van der Waals surface area contributed by atoms with Gasteiger partial charge < -0.3 is 52.8 Å². The third-order valence-electron chi connectivity index (χ3n) is 10.6. The van der Waals surface area contributed by atoms with Gasteiger partial charge in [-0.3, -0.25) is 0 Å². The predicted octanol–water partition coefficient (Wildman–Crippen LogP) is 6.26. The van der Waals surface area contributed by atoms with Gasteiger partial charge in [0.05, 0.1) is 39.6 Å². The predicted molar refractivity (Wildman–Crippen MR) is 212 cm³/mol. The highest BCUT2D eigenvalue weighted by Crippen LogP contribution is 2.39. The number of ether oxygens (including phenoxy) is 9. The van der Waals surface area contributed by atoms with Crippen molar-refractivity contribution in [3.63, 3.8) is 0 Å². The van der Waals surface area contributed by atoms with Crippen LogP contribution in [0.1, 0.15) is 34.1 Å². The summed E-state index contributed by atoms with van der Waals surface area (Å²) in [6.07, 6.45) is -9.99. The molecular formula is C47H50O11. The Hall–Kier alpha value is -4.34. The van der Waals surface area contributed by atoms with Gasteiger partial charge in [0.15, 0.2) is 18.9 Å². The summed E-state index contributed by atoms with van der Waals surface area (Å²) in [6, 6.07) is 48.8. The Labute approximate surface area is 338 Å². The van der Waals surface area contributed by atoms with Crippen LogP contribution in [-0.4, -0.2) is 84.8 Å². The molecular weight excluding hydrogens is 741 g/mol. The van der Waals surface area contributed by atoms with Crippen LogP contribution in [0.25, 0.3) is 0 Å². The topological polar surface area (TPSA) is 124 Å². The zero-order valence-corrected chi connectivity index (χ0v) is 32.1. The Kier molecular flexibility index (Phi) is 14.0. The molecule has 3 aliphatic rings. The molecule has 2 N–H and O–H groups in total. The van der Waals surface area contributed by atoms with Crippen molar-refractivity contribution in [2.45, 2.75) is 94.1 Å². The monoisotopic (exact) mass is 790 g/mol. The van der Waals surface area contributed by atoms with E-state index in [1.54, 1.807) is 0 Å². The van der Waals surface area contributed by atoms with Crippen molar-refractivity contribution in [1.82, 2.24) is 0 Å². The molecule has 3 saturated heterocycles. The highest BCUT2D eigenvalue weighted by molar-refractivity contribution is 5.18. The minimum absolute atomic E-state index is 0.173. The lowest BCUT2D eigenvalue weighted by atomic mass is 9.96. The Morgan fingerprint density at radius 3 is 1.38 bits per heavy atom. The lowest BCUT2D eigenvalue weighted by molar-refractivity contribution is -0.409. The summed E-state index contributed by atoms with van der Waals surface area (Å²) in [5, 5.41) is 22.1. The molecule has 5 aromatic rings. The van der Waals surface area contributed by atoms with Crippen LogP contribution in [0, 0.1) is 0 Å². The zero-order chi connectivity index (χ0) is 39.5. The van der Waals surface area contributed by atoms with E-state index in [9.17, 15) is 10.2 Å². The molecule has 0 saturated carbocycles. The molecule has 0 aliphatic carbocycles. The van der Waals surface area contributed by atoms with Gasteiger partial charge in [0.2, 0.25) is 0 Å². The fourth-order valence-corrected chi connectivity index (χ4v) is 7.52. The Bertz CT molecular complexity index is 1920. The van der Waals surface area contributed by atoms with Crippen molar-refractivity contribution in [1.29, 1.82) is 0 Å². The van der Waals surface area contributed by atoms with E-state index in [0.717, 1.165) is 27.8 Å². The number of fused-ring (bicyclic) bond motifs is 1. The van der Waals surface area contributed by atoms with Gasteiger partial charge >= 0.3 is 0 Å². The van der Waals surface area contributed by atoms with Gasteiger partial charge in [-0.2, -0.15) is 0 Å². The quantitative estimate of drug-likeness (QED) is 0.118. The van der Waals surface area contributed by atoms with Gasteiger partial charge in [0.25, 0.3) is 0 Å². The smallest absolute Gasteiger partial charge is 0.190 e. The molecule has 0 amide bonds. The van der Waals surface area contributed by atoms with Crippen molar-refractivity contribution < 1.29 is 52.8 Å². The summed E-state index contributed by atoms with van der Waals surface area (Å²) in [7, 11) is 0. The number of benzene rings is 5. The second kappa shape index (κ2) is 20.1. The van der Waals surface area contributed by atoms with Crippen LogP contribution in [0.4, 0.5) is 0 Å². The maximum Gasteiger partial charge on any atom is 0.190 e. The van der Waals surface area contributed by atoms with Gasteiger partial charge in [-0.1, -0.05) is 152 Å². The van der Waals surface area contributed by atoms with E-state index in [4.69, 9.17) is 42.6 Å². The van der Waals surface area contributed by atoms with Gasteiger partial charge in [-0.25, -0.2) is 0 Å². The van der Waals surface area contributed by atoms with Gasteiger partial charge in [-0.15, -0.1) is 0 Å². The van der Waals surface area contributed by atoms with E-state index in [1.807, 2.05) is 152 Å². The SMILES string of the molecule is OC[C@H]1O[C@H](O[C@H]2O[C@@H]3CO[C@@H](c4ccccc4)O[C@H]3[C@H](OCc3ccccc3)[C@H]2OCc2ccccc2)[C@H](OCc2ccccc2)[C@@H](OCc2ccccc2)[C@@H]1O. The Morgan fingerprint density at radius 2 is 0.897 bits per heavy atom. The molecule has 0 aromatic heterocycles. The average Bonchev–Trinajstić information content (AvgIpc) is 3.28. The lowest BCUT2D eigenvalue weighted by Gasteiger charge is -2.51. The summed E-state index contributed by atoms with van der Waals surface area (Å²) in [4.78, 5) is 0. The Balaban J connectivity index is 1.12. The van der Waals surface area contributed by atoms with Crippen LogP contribution in [0.3, 0.4) is 0 Å². The first-order valence-electron chi connectivity index (χ1n) is 19.8. The molecule has 11 nitrogen and oxygen atoms in total. The number of rotatable bonds is 16. The molecule has 0 bridgehead atoms. The fraction of sp³-hybridized carbons (Fsp3) is 0.362. The highest BCUT2D eigenvalue weighted by atomic mass is 16.8. The van der Waals surface area contributed by atoms with Gasteiger partial charge in [0.1, 0.15) is 48.8 Å². The van der Waals surface area contributed by atoms with E-state index >= 15 is 0 Å². The summed E-state index contributed by atoms with van der Waals surface area (Å²) >= 11 is 0. The number of aliphatic hydroxyl groups excluding tert-OH is 2. The van der Waals surface area contributed by atoms with Crippen molar-refractivity contribution in [2.24, 2.45) is 0 Å². The van der Waals surface area contributed by atoms with E-state index in [2.05, 4.69) is 0 Å². The second-order valence-corrected chi connectivity index (χ2v) is 14.6. The average molecular weight is 791 g/mol. The minimum atomic E-state index is -1.24. The van der Waals surface area contributed by atoms with E-state index in [1.165, 1.54) is 0 Å². The van der Waals surface area contributed by atoms with Crippen molar-refractivity contribution >= 4 is 0 Å². The standard InChI is InChI=1S/C47H50O11/c48-26-37-39(49)41(50-27-32-16-6-1-7-17-32)43(52-29-34-20-10-3-11-21-34)46(55-37)58-47-44(53-30-35-22-12-4-13-23-35)42(51-28-33-18-8-2-9-19-33)40-38(56-47)31-54-45(57-40)36-24-14-5-15-25-36/h1-25,37-49H,26-31H2/t37-,38-,39-,40-,41+,42+,43-,44-,45-,46-,47-/m1/s1. The minimum Gasteiger partial charge on any atom is -0.394 e. The van der Waals surface area contributed by atoms with Crippen LogP contribution in [0.15, 0.2) is 152 Å². The van der Waals surface area contributed by atoms with E-state index < -0.39 is 74.3 Å². The summed E-state index contributed by atoms with van der Waals surface area (Å²) in [5.74, 6) is 0. The third kappa shape index (κ3) is 10.1. The number of aliphatic hydroxyl groups is 2. The molecule has 0 radical (unpaired) electrons. The van der Waals surface area contributed by atoms with Crippen LogP contribution in [-0.2, 0) is 69.1 Å². The fourth-order valence-electron chi connectivity index (χ4n) is 7.52. The molecule has 11 heteroatoms. The van der Waals surface area contributed by atoms with Crippen LogP contribution in [0.5, 0.6) is 0 Å². The highest BCUT2D eigenvalue weighted by Gasteiger charge is 2.55. The van der Waals surface area contributed by atoms with E-state index in [-0.39, 0.29) is 33.0 Å². The summed E-state index contributed by atoms with van der Waals surface area (Å²) in [6.45, 7) is 0.526. The maximum absolute atomic E-state index is 11.6. The molecule has 11 atom stereocenters. The first-order valence-corrected chi connectivity index (χ1v) is 19.8.